The number of hydrogen-bond donors (Lipinski definition) is 1. The molecule has 0 aliphatic heterocycles. The molecule has 0 saturated heterocycles. The molecule has 0 radical (unpaired) electrons. The molecular formula is C10H9N3O2. The summed E-state index contributed by atoms with van der Waals surface area (Å²) in [5, 5.41) is 18.2. The van der Waals surface area contributed by atoms with Gasteiger partial charge in [-0.05, 0) is 19.1 Å². The number of rotatable bonds is 2. The van der Waals surface area contributed by atoms with E-state index in [0.29, 0.717) is 5.52 Å². The summed E-state index contributed by atoms with van der Waals surface area (Å²) in [4.78, 5) is 10.1. The van der Waals surface area contributed by atoms with E-state index >= 15 is 0 Å². The molecule has 0 bridgehead atoms. The molecule has 1 N–H and O–H groups in total. The number of nitrogens with one attached hydrogen (secondary N) is 1. The number of non-ortho nitro benzene ring substituents is 1. The largest absolute Gasteiger partial charge is 0.277 e. The maximum absolute atomic E-state index is 10.5. The molecule has 0 aliphatic carbocycles. The normalized spacial score (nSPS) is 11.3. The van der Waals surface area contributed by atoms with Crippen molar-refractivity contribution < 1.29 is 4.92 Å². The standard InChI is InChI=1S/C10H9N3O2/c1-2-3-9-8-5-4-7(13(14)15)6-10(8)12-11-9/h2-6H,1H3,(H,11,12). The number of hydrogen-bond acceptors (Lipinski definition) is 3. The highest BCUT2D eigenvalue weighted by atomic mass is 16.6. The van der Waals surface area contributed by atoms with Crippen molar-refractivity contribution in [2.24, 2.45) is 0 Å². The third-order valence-corrected chi connectivity index (χ3v) is 2.11. The second-order valence-electron chi connectivity index (χ2n) is 3.10. The van der Waals surface area contributed by atoms with Crippen LogP contribution in [-0.2, 0) is 0 Å². The van der Waals surface area contributed by atoms with E-state index in [-0.39, 0.29) is 5.69 Å². The van der Waals surface area contributed by atoms with Gasteiger partial charge in [0, 0.05) is 17.5 Å². The van der Waals surface area contributed by atoms with E-state index in [1.54, 1.807) is 6.07 Å². The highest BCUT2D eigenvalue weighted by Crippen LogP contribution is 2.22. The Balaban J connectivity index is 2.61. The SMILES string of the molecule is CC=Cc1n[nH]c2cc([N+](=O)[O-])ccc12. The van der Waals surface area contributed by atoms with Crippen molar-refractivity contribution in [2.75, 3.05) is 0 Å². The number of aromatic nitrogens is 2. The molecule has 2 aromatic rings. The van der Waals surface area contributed by atoms with Gasteiger partial charge in [0.2, 0.25) is 0 Å². The van der Waals surface area contributed by atoms with E-state index < -0.39 is 4.92 Å². The summed E-state index contributed by atoms with van der Waals surface area (Å²) in [6.45, 7) is 1.89. The molecule has 0 amide bonds. The van der Waals surface area contributed by atoms with Crippen LogP contribution in [0.15, 0.2) is 24.3 Å². The highest BCUT2D eigenvalue weighted by Gasteiger charge is 2.09. The summed E-state index contributed by atoms with van der Waals surface area (Å²) in [5.74, 6) is 0. The first-order valence-electron chi connectivity index (χ1n) is 4.47. The number of allylic oxidation sites excluding steroid dienone is 1. The van der Waals surface area contributed by atoms with Crippen molar-refractivity contribution in [1.82, 2.24) is 10.2 Å². The first-order valence-corrected chi connectivity index (χ1v) is 4.47. The van der Waals surface area contributed by atoms with Gasteiger partial charge in [-0.25, -0.2) is 0 Å². The Bertz CT molecular complexity index is 543. The van der Waals surface area contributed by atoms with Gasteiger partial charge >= 0.3 is 0 Å². The first-order chi connectivity index (χ1) is 7.22. The van der Waals surface area contributed by atoms with E-state index in [0.717, 1.165) is 11.1 Å². The Morgan fingerprint density at radius 1 is 1.53 bits per heavy atom. The van der Waals surface area contributed by atoms with Crippen molar-refractivity contribution in [3.05, 3.63) is 40.1 Å². The molecule has 1 heterocycles. The summed E-state index contributed by atoms with van der Waals surface area (Å²) in [6, 6.07) is 4.66. The Morgan fingerprint density at radius 3 is 3.00 bits per heavy atom. The number of H-pyrrole nitrogens is 1. The Hall–Kier alpha value is -2.17. The van der Waals surface area contributed by atoms with Gasteiger partial charge in [-0.3, -0.25) is 15.2 Å². The quantitative estimate of drug-likeness (QED) is 0.602. The van der Waals surface area contributed by atoms with Crippen LogP contribution in [0.2, 0.25) is 0 Å². The molecule has 1 aromatic carbocycles. The molecule has 5 nitrogen and oxygen atoms in total. The molecular weight excluding hydrogens is 194 g/mol. The highest BCUT2D eigenvalue weighted by molar-refractivity contribution is 5.88. The van der Waals surface area contributed by atoms with Crippen molar-refractivity contribution in [1.29, 1.82) is 0 Å². The molecule has 76 valence electrons. The van der Waals surface area contributed by atoms with Gasteiger partial charge in [0.05, 0.1) is 16.1 Å². The van der Waals surface area contributed by atoms with E-state index in [4.69, 9.17) is 0 Å². The van der Waals surface area contributed by atoms with Crippen LogP contribution in [0.1, 0.15) is 12.6 Å². The Kier molecular flexibility index (Phi) is 2.21. The smallest absolute Gasteiger partial charge is 0.271 e. The van der Waals surface area contributed by atoms with Gasteiger partial charge in [-0.1, -0.05) is 6.08 Å². The number of fused-ring (bicyclic) bond motifs is 1. The predicted molar refractivity (Wildman–Crippen MR) is 57.5 cm³/mol. The number of aromatic amines is 1. The fourth-order valence-corrected chi connectivity index (χ4v) is 1.43. The average molecular weight is 203 g/mol. The second kappa shape index (κ2) is 3.53. The van der Waals surface area contributed by atoms with Gasteiger partial charge in [0.15, 0.2) is 0 Å². The molecule has 0 fully saturated rings. The molecule has 1 aromatic heterocycles. The number of nitro benzene ring substituents is 1. The zero-order valence-corrected chi connectivity index (χ0v) is 8.10. The summed E-state index contributed by atoms with van der Waals surface area (Å²) < 4.78 is 0. The van der Waals surface area contributed by atoms with Crippen LogP contribution in [0.4, 0.5) is 5.69 Å². The van der Waals surface area contributed by atoms with Crippen LogP contribution in [0.5, 0.6) is 0 Å². The van der Waals surface area contributed by atoms with Crippen LogP contribution in [0, 0.1) is 10.1 Å². The lowest BCUT2D eigenvalue weighted by molar-refractivity contribution is -0.384. The molecule has 0 aliphatic rings. The lowest BCUT2D eigenvalue weighted by atomic mass is 10.2. The second-order valence-corrected chi connectivity index (χ2v) is 3.10. The van der Waals surface area contributed by atoms with Gasteiger partial charge in [0.25, 0.3) is 5.69 Å². The van der Waals surface area contributed by atoms with Crippen molar-refractivity contribution in [3.8, 4) is 0 Å². The minimum atomic E-state index is -0.421. The maximum Gasteiger partial charge on any atom is 0.271 e. The Morgan fingerprint density at radius 2 is 2.33 bits per heavy atom. The van der Waals surface area contributed by atoms with E-state index in [1.165, 1.54) is 12.1 Å². The lowest BCUT2D eigenvalue weighted by Crippen LogP contribution is -1.86. The zero-order chi connectivity index (χ0) is 10.8. The van der Waals surface area contributed by atoms with Crippen molar-refractivity contribution in [3.63, 3.8) is 0 Å². The van der Waals surface area contributed by atoms with Crippen LogP contribution in [0.25, 0.3) is 17.0 Å². The fourth-order valence-electron chi connectivity index (χ4n) is 1.43. The summed E-state index contributed by atoms with van der Waals surface area (Å²) in [6.07, 6.45) is 3.72. The van der Waals surface area contributed by atoms with Gasteiger partial charge < -0.3 is 0 Å². The van der Waals surface area contributed by atoms with E-state index in [2.05, 4.69) is 10.2 Å². The van der Waals surface area contributed by atoms with Crippen LogP contribution in [0.3, 0.4) is 0 Å². The molecule has 5 heteroatoms. The predicted octanol–water partition coefficient (Wildman–Crippen LogP) is 2.50. The van der Waals surface area contributed by atoms with Crippen molar-refractivity contribution in [2.45, 2.75) is 6.92 Å². The summed E-state index contributed by atoms with van der Waals surface area (Å²) >= 11 is 0. The van der Waals surface area contributed by atoms with E-state index in [1.807, 2.05) is 19.1 Å². The van der Waals surface area contributed by atoms with Crippen LogP contribution < -0.4 is 0 Å². The molecule has 2 rings (SSSR count). The summed E-state index contributed by atoms with van der Waals surface area (Å²) in [7, 11) is 0. The van der Waals surface area contributed by atoms with Crippen LogP contribution in [-0.4, -0.2) is 15.1 Å². The fraction of sp³-hybridized carbons (Fsp3) is 0.100. The minimum Gasteiger partial charge on any atom is -0.277 e. The first kappa shape index (κ1) is 9.39. The Labute approximate surface area is 85.6 Å². The van der Waals surface area contributed by atoms with Crippen LogP contribution >= 0.6 is 0 Å². The molecule has 0 spiro atoms. The minimum absolute atomic E-state index is 0.0678. The zero-order valence-electron chi connectivity index (χ0n) is 8.10. The number of nitrogens with zero attached hydrogens (tertiary/aromatic N) is 2. The van der Waals surface area contributed by atoms with Gasteiger partial charge in [-0.2, -0.15) is 5.10 Å². The molecule has 0 saturated carbocycles. The number of nitro groups is 1. The van der Waals surface area contributed by atoms with E-state index in [9.17, 15) is 10.1 Å². The topological polar surface area (TPSA) is 71.8 Å². The third kappa shape index (κ3) is 1.59. The number of benzene rings is 1. The lowest BCUT2D eigenvalue weighted by Gasteiger charge is -1.91. The summed E-state index contributed by atoms with van der Waals surface area (Å²) in [5.41, 5.74) is 1.54. The maximum atomic E-state index is 10.5. The third-order valence-electron chi connectivity index (χ3n) is 2.11. The average Bonchev–Trinajstić information content (AvgIpc) is 2.61. The van der Waals surface area contributed by atoms with Crippen molar-refractivity contribution >= 4 is 22.7 Å². The molecule has 0 unspecified atom stereocenters. The molecule has 0 atom stereocenters. The molecule has 15 heavy (non-hydrogen) atoms. The van der Waals surface area contributed by atoms with Gasteiger partial charge in [0.1, 0.15) is 0 Å². The van der Waals surface area contributed by atoms with Gasteiger partial charge in [-0.15, -0.1) is 0 Å². The monoisotopic (exact) mass is 203 g/mol.